The Kier molecular flexibility index (Phi) is 4.44. The van der Waals surface area contributed by atoms with Gasteiger partial charge in [-0.05, 0) is 43.2 Å². The van der Waals surface area contributed by atoms with Gasteiger partial charge in [-0.15, -0.1) is 0 Å². The number of imidazole rings is 1. The normalized spacial score (nSPS) is 10.8. The number of hydrogen-bond donors (Lipinski definition) is 1. The SMILES string of the molecule is CCc1nc2ccc(C)cn2c1C(=O)Nc1ccc(OC)c(Cl)c1. The van der Waals surface area contributed by atoms with Gasteiger partial charge in [0.25, 0.3) is 5.91 Å². The molecule has 1 aromatic carbocycles. The monoisotopic (exact) mass is 343 g/mol. The van der Waals surface area contributed by atoms with Crippen molar-refractivity contribution in [3.05, 3.63) is 58.5 Å². The quantitative estimate of drug-likeness (QED) is 0.775. The zero-order chi connectivity index (χ0) is 17.3. The van der Waals surface area contributed by atoms with Crippen LogP contribution in [0.1, 0.15) is 28.7 Å². The molecule has 0 aliphatic heterocycles. The molecule has 3 rings (SSSR count). The summed E-state index contributed by atoms with van der Waals surface area (Å²) in [5, 5.41) is 3.33. The molecule has 0 aliphatic rings. The fourth-order valence-electron chi connectivity index (χ4n) is 2.62. The number of pyridine rings is 1. The molecule has 2 aromatic heterocycles. The summed E-state index contributed by atoms with van der Waals surface area (Å²) in [6.45, 7) is 3.96. The van der Waals surface area contributed by atoms with Crippen LogP contribution < -0.4 is 10.1 Å². The lowest BCUT2D eigenvalue weighted by atomic mass is 10.2. The highest BCUT2D eigenvalue weighted by atomic mass is 35.5. The number of ether oxygens (including phenoxy) is 1. The molecule has 0 radical (unpaired) electrons. The summed E-state index contributed by atoms with van der Waals surface area (Å²) in [6.07, 6.45) is 2.59. The van der Waals surface area contributed by atoms with E-state index in [2.05, 4.69) is 10.3 Å². The lowest BCUT2D eigenvalue weighted by Crippen LogP contribution is -2.16. The van der Waals surface area contributed by atoms with Gasteiger partial charge in [0.1, 0.15) is 17.1 Å². The lowest BCUT2D eigenvalue weighted by molar-refractivity contribution is 0.102. The summed E-state index contributed by atoms with van der Waals surface area (Å²) in [6, 6.07) is 9.03. The number of nitrogens with one attached hydrogen (secondary N) is 1. The van der Waals surface area contributed by atoms with Crippen LogP contribution in [-0.4, -0.2) is 22.4 Å². The van der Waals surface area contributed by atoms with Crippen LogP contribution in [0.15, 0.2) is 36.5 Å². The number of aromatic nitrogens is 2. The third-order valence-corrected chi connectivity index (χ3v) is 4.09. The van der Waals surface area contributed by atoms with Crippen LogP contribution in [0.3, 0.4) is 0 Å². The first kappa shape index (κ1) is 16.3. The van der Waals surface area contributed by atoms with Crippen molar-refractivity contribution in [3.8, 4) is 5.75 Å². The molecule has 0 saturated heterocycles. The summed E-state index contributed by atoms with van der Waals surface area (Å²) in [4.78, 5) is 17.3. The number of anilines is 1. The average molecular weight is 344 g/mol. The number of rotatable bonds is 4. The van der Waals surface area contributed by atoms with Crippen LogP contribution in [0, 0.1) is 6.92 Å². The molecule has 0 fully saturated rings. The number of methoxy groups -OCH3 is 1. The topological polar surface area (TPSA) is 55.6 Å². The fraction of sp³-hybridized carbons (Fsp3) is 0.222. The average Bonchev–Trinajstić information content (AvgIpc) is 2.92. The summed E-state index contributed by atoms with van der Waals surface area (Å²) in [7, 11) is 1.55. The van der Waals surface area contributed by atoms with Crippen molar-refractivity contribution in [2.45, 2.75) is 20.3 Å². The number of benzene rings is 1. The van der Waals surface area contributed by atoms with E-state index in [-0.39, 0.29) is 5.91 Å². The largest absolute Gasteiger partial charge is 0.495 e. The second-order valence-electron chi connectivity index (χ2n) is 5.50. The molecule has 1 N–H and O–H groups in total. The molecule has 2 heterocycles. The number of amides is 1. The first-order valence-electron chi connectivity index (χ1n) is 7.66. The number of carbonyl (C=O) groups excluding carboxylic acids is 1. The van der Waals surface area contributed by atoms with Crippen LogP contribution in [-0.2, 0) is 6.42 Å². The van der Waals surface area contributed by atoms with E-state index in [1.807, 2.05) is 36.6 Å². The molecule has 124 valence electrons. The summed E-state index contributed by atoms with van der Waals surface area (Å²) >= 11 is 6.12. The molecule has 5 nitrogen and oxygen atoms in total. The van der Waals surface area contributed by atoms with Crippen LogP contribution in [0.4, 0.5) is 5.69 Å². The van der Waals surface area contributed by atoms with Crippen molar-refractivity contribution in [1.82, 2.24) is 9.38 Å². The van der Waals surface area contributed by atoms with Gasteiger partial charge < -0.3 is 10.1 Å². The van der Waals surface area contributed by atoms with Gasteiger partial charge in [-0.1, -0.05) is 24.6 Å². The van der Waals surface area contributed by atoms with E-state index < -0.39 is 0 Å². The van der Waals surface area contributed by atoms with Crippen molar-refractivity contribution < 1.29 is 9.53 Å². The number of halogens is 1. The molecule has 1 amide bonds. The number of carbonyl (C=O) groups is 1. The first-order valence-corrected chi connectivity index (χ1v) is 8.03. The highest BCUT2D eigenvalue weighted by Crippen LogP contribution is 2.27. The Balaban J connectivity index is 1.99. The minimum Gasteiger partial charge on any atom is -0.495 e. The van der Waals surface area contributed by atoms with Crippen LogP contribution in [0.25, 0.3) is 5.65 Å². The molecule has 0 bridgehead atoms. The first-order chi connectivity index (χ1) is 11.5. The highest BCUT2D eigenvalue weighted by molar-refractivity contribution is 6.32. The summed E-state index contributed by atoms with van der Waals surface area (Å²) in [5.74, 6) is 0.348. The summed E-state index contributed by atoms with van der Waals surface area (Å²) < 4.78 is 6.95. The van der Waals surface area contributed by atoms with Crippen molar-refractivity contribution in [1.29, 1.82) is 0 Å². The van der Waals surface area contributed by atoms with E-state index in [0.29, 0.717) is 28.6 Å². The molecule has 0 atom stereocenters. The van der Waals surface area contributed by atoms with Crippen LogP contribution >= 0.6 is 11.6 Å². The van der Waals surface area contributed by atoms with Crippen molar-refractivity contribution in [2.75, 3.05) is 12.4 Å². The van der Waals surface area contributed by atoms with Gasteiger partial charge in [-0.2, -0.15) is 0 Å². The minimum absolute atomic E-state index is 0.216. The Hall–Kier alpha value is -2.53. The standard InChI is InChI=1S/C18H18ClN3O2/c1-4-14-17(22-10-11(2)5-8-16(22)21-14)18(23)20-12-6-7-15(24-3)13(19)9-12/h5-10H,4H2,1-3H3,(H,20,23). The second kappa shape index (κ2) is 6.53. The molecule has 0 spiro atoms. The Morgan fingerprint density at radius 3 is 2.79 bits per heavy atom. The molecule has 6 heteroatoms. The highest BCUT2D eigenvalue weighted by Gasteiger charge is 2.18. The Labute approximate surface area is 145 Å². The maximum absolute atomic E-state index is 12.8. The van der Waals surface area contributed by atoms with E-state index in [4.69, 9.17) is 16.3 Å². The molecular weight excluding hydrogens is 326 g/mol. The number of aryl methyl sites for hydroxylation is 2. The molecule has 3 aromatic rings. The molecule has 24 heavy (non-hydrogen) atoms. The smallest absolute Gasteiger partial charge is 0.274 e. The molecular formula is C18H18ClN3O2. The zero-order valence-electron chi connectivity index (χ0n) is 13.8. The Morgan fingerprint density at radius 1 is 1.33 bits per heavy atom. The van der Waals surface area contributed by atoms with Gasteiger partial charge in [0.15, 0.2) is 0 Å². The van der Waals surface area contributed by atoms with E-state index in [9.17, 15) is 4.79 Å². The minimum atomic E-state index is -0.216. The third kappa shape index (κ3) is 2.95. The van der Waals surface area contributed by atoms with Gasteiger partial charge >= 0.3 is 0 Å². The van der Waals surface area contributed by atoms with Gasteiger partial charge in [-0.25, -0.2) is 4.98 Å². The number of hydrogen-bond acceptors (Lipinski definition) is 3. The Morgan fingerprint density at radius 2 is 2.12 bits per heavy atom. The predicted molar refractivity (Wildman–Crippen MR) is 95.3 cm³/mol. The zero-order valence-corrected chi connectivity index (χ0v) is 14.5. The Bertz CT molecular complexity index is 918. The number of fused-ring (bicyclic) bond motifs is 1. The molecule has 0 aliphatic carbocycles. The lowest BCUT2D eigenvalue weighted by Gasteiger charge is -2.09. The number of nitrogens with zero attached hydrogens (tertiary/aromatic N) is 2. The van der Waals surface area contributed by atoms with Gasteiger partial charge in [0, 0.05) is 11.9 Å². The maximum atomic E-state index is 12.8. The van der Waals surface area contributed by atoms with E-state index >= 15 is 0 Å². The van der Waals surface area contributed by atoms with Crippen molar-refractivity contribution in [3.63, 3.8) is 0 Å². The molecule has 0 saturated carbocycles. The predicted octanol–water partition coefficient (Wildman–Crippen LogP) is 4.12. The van der Waals surface area contributed by atoms with Crippen LogP contribution in [0.5, 0.6) is 5.75 Å². The van der Waals surface area contributed by atoms with E-state index in [1.165, 1.54) is 0 Å². The van der Waals surface area contributed by atoms with Crippen LogP contribution in [0.2, 0.25) is 5.02 Å². The van der Waals surface area contributed by atoms with E-state index in [1.54, 1.807) is 25.3 Å². The van der Waals surface area contributed by atoms with Crippen molar-refractivity contribution in [2.24, 2.45) is 0 Å². The van der Waals surface area contributed by atoms with E-state index in [0.717, 1.165) is 16.9 Å². The van der Waals surface area contributed by atoms with Gasteiger partial charge in [-0.3, -0.25) is 9.20 Å². The third-order valence-electron chi connectivity index (χ3n) is 3.80. The van der Waals surface area contributed by atoms with Gasteiger partial charge in [0.05, 0.1) is 17.8 Å². The summed E-state index contributed by atoms with van der Waals surface area (Å²) in [5.41, 5.74) is 3.73. The second-order valence-corrected chi connectivity index (χ2v) is 5.91. The van der Waals surface area contributed by atoms with Crippen molar-refractivity contribution >= 4 is 28.8 Å². The maximum Gasteiger partial charge on any atom is 0.274 e. The van der Waals surface area contributed by atoms with Gasteiger partial charge in [0.2, 0.25) is 0 Å². The molecule has 0 unspecified atom stereocenters. The fourth-order valence-corrected chi connectivity index (χ4v) is 2.88.